The normalized spacial score (nSPS) is 13.1. The van der Waals surface area contributed by atoms with Crippen molar-refractivity contribution in [2.24, 2.45) is 11.7 Å². The van der Waals surface area contributed by atoms with Crippen molar-refractivity contribution in [3.63, 3.8) is 0 Å². The Labute approximate surface area is 261 Å². The van der Waals surface area contributed by atoms with Gasteiger partial charge in [-0.3, -0.25) is 20.0 Å². The van der Waals surface area contributed by atoms with Crippen LogP contribution >= 0.6 is 0 Å². The zero-order valence-corrected chi connectivity index (χ0v) is 24.1. The number of hydrogen-bond donors (Lipinski definition) is 6. The molecular formula is C27H29F6N5O9. The highest BCUT2D eigenvalue weighted by Crippen LogP contribution is 2.24. The molecule has 2 aromatic rings. The monoisotopic (exact) mass is 681 g/mol. The molecule has 1 aliphatic rings. The number of carboxylic acid groups (broad SMARTS) is 3. The number of nitrogens with zero attached hydrogens (tertiary/aromatic N) is 2. The summed E-state index contributed by atoms with van der Waals surface area (Å²) >= 11 is 0. The fourth-order valence-corrected chi connectivity index (χ4v) is 3.69. The van der Waals surface area contributed by atoms with Crippen LogP contribution in [-0.4, -0.2) is 94.3 Å². The molecular weight excluding hydrogens is 652 g/mol. The van der Waals surface area contributed by atoms with E-state index in [1.807, 2.05) is 12.1 Å². The summed E-state index contributed by atoms with van der Waals surface area (Å²) in [5.41, 5.74) is 7.38. The molecule has 1 aliphatic heterocycles. The zero-order chi connectivity index (χ0) is 35.9. The number of halogens is 6. The molecule has 3 rings (SSSR count). The number of hydrogen-bond acceptors (Lipinski definition) is 9. The zero-order valence-electron chi connectivity index (χ0n) is 24.1. The van der Waals surface area contributed by atoms with Gasteiger partial charge in [-0.15, -0.1) is 0 Å². The number of anilines is 1. The van der Waals surface area contributed by atoms with Gasteiger partial charge in [0.05, 0.1) is 6.54 Å². The van der Waals surface area contributed by atoms with Gasteiger partial charge < -0.3 is 36.0 Å². The Morgan fingerprint density at radius 2 is 1.45 bits per heavy atom. The Bertz CT molecular complexity index is 1390. The van der Waals surface area contributed by atoms with Gasteiger partial charge in [-0.2, -0.15) is 26.3 Å². The van der Waals surface area contributed by atoms with Gasteiger partial charge in [0.2, 0.25) is 11.7 Å². The van der Waals surface area contributed by atoms with Crippen molar-refractivity contribution in [2.75, 3.05) is 31.1 Å². The second-order valence-corrected chi connectivity index (χ2v) is 9.35. The minimum Gasteiger partial charge on any atom is -0.491 e. The first-order valence-corrected chi connectivity index (χ1v) is 13.1. The van der Waals surface area contributed by atoms with E-state index in [1.54, 1.807) is 12.4 Å². The number of piperidine rings is 1. The summed E-state index contributed by atoms with van der Waals surface area (Å²) in [6.07, 6.45) is -5.51. The summed E-state index contributed by atoms with van der Waals surface area (Å²) in [4.78, 5) is 59.1. The van der Waals surface area contributed by atoms with Gasteiger partial charge in [-0.25, -0.2) is 14.4 Å². The standard InChI is InChI=1S/C23H27N5O5.2C2HF3O2/c24-21(25)17-2-1-16(13-19(29)23(31)32)20(14-17)33-12-9-27-22(30)15-5-10-28(11-6-15)18-3-7-26-8-4-18;2*3-2(4,5)1(6)7/h1-4,7-8,14-15H,5-6,9-13H2,(H3,24,25)(H,27,30)(H,31,32);2*(H,6,7). The maximum absolute atomic E-state index is 12.5. The Hall–Kier alpha value is -5.43. The second-order valence-electron chi connectivity index (χ2n) is 9.35. The molecule has 1 aromatic carbocycles. The number of Topliss-reactive ketones (excluding diaryl/α,β-unsaturated/α-hetero) is 1. The molecule has 2 heterocycles. The van der Waals surface area contributed by atoms with Crippen molar-refractivity contribution in [3.05, 3.63) is 53.9 Å². The Kier molecular flexibility index (Phi) is 15.1. The number of nitrogen functional groups attached to an aromatic ring is 1. The third-order valence-electron chi connectivity index (χ3n) is 6.01. The Balaban J connectivity index is 0.000000658. The van der Waals surface area contributed by atoms with Crippen LogP contribution in [0.1, 0.15) is 24.0 Å². The van der Waals surface area contributed by atoms with Gasteiger partial charge in [0.1, 0.15) is 18.2 Å². The van der Waals surface area contributed by atoms with Crippen LogP contribution in [0.5, 0.6) is 5.75 Å². The van der Waals surface area contributed by atoms with Gasteiger partial charge in [-0.1, -0.05) is 12.1 Å². The molecule has 1 amide bonds. The average Bonchev–Trinajstić information content (AvgIpc) is 2.99. The summed E-state index contributed by atoms with van der Waals surface area (Å²) < 4.78 is 69.2. The summed E-state index contributed by atoms with van der Waals surface area (Å²) in [6, 6.07) is 8.44. The number of pyridine rings is 1. The number of amides is 1. The first-order valence-electron chi connectivity index (χ1n) is 13.1. The number of ether oxygens (including phenoxy) is 1. The number of amidine groups is 1. The SMILES string of the molecule is N=C(N)c1ccc(CC(=O)C(=O)O)c(OCCNC(=O)C2CCN(c3ccncc3)CC2)c1.O=C(O)C(F)(F)F.O=C(O)C(F)(F)F. The molecule has 14 nitrogen and oxygen atoms in total. The van der Waals surface area contributed by atoms with E-state index in [1.165, 1.54) is 18.2 Å². The van der Waals surface area contributed by atoms with E-state index >= 15 is 0 Å². The molecule has 20 heteroatoms. The van der Waals surface area contributed by atoms with Crippen molar-refractivity contribution in [1.29, 1.82) is 5.41 Å². The molecule has 0 aliphatic carbocycles. The summed E-state index contributed by atoms with van der Waals surface area (Å²) in [5, 5.41) is 33.5. The van der Waals surface area contributed by atoms with Gasteiger partial charge in [0.25, 0.3) is 0 Å². The highest BCUT2D eigenvalue weighted by molar-refractivity contribution is 6.33. The third kappa shape index (κ3) is 14.5. The van der Waals surface area contributed by atoms with Crippen LogP contribution in [0.4, 0.5) is 32.0 Å². The average molecular weight is 682 g/mol. The van der Waals surface area contributed by atoms with E-state index in [-0.39, 0.29) is 43.0 Å². The lowest BCUT2D eigenvalue weighted by Gasteiger charge is -2.32. The molecule has 0 saturated carbocycles. The predicted molar refractivity (Wildman–Crippen MR) is 149 cm³/mol. The number of alkyl halides is 6. The lowest BCUT2D eigenvalue weighted by atomic mass is 9.95. The summed E-state index contributed by atoms with van der Waals surface area (Å²) in [6.45, 7) is 1.95. The van der Waals surface area contributed by atoms with Crippen molar-refractivity contribution < 1.29 is 70.4 Å². The summed E-state index contributed by atoms with van der Waals surface area (Å²) in [7, 11) is 0. The third-order valence-corrected chi connectivity index (χ3v) is 6.01. The van der Waals surface area contributed by atoms with Crippen molar-refractivity contribution in [1.82, 2.24) is 10.3 Å². The van der Waals surface area contributed by atoms with E-state index in [9.17, 15) is 40.7 Å². The molecule has 7 N–H and O–H groups in total. The van der Waals surface area contributed by atoms with Crippen LogP contribution in [0.25, 0.3) is 0 Å². The predicted octanol–water partition coefficient (Wildman–Crippen LogP) is 2.24. The van der Waals surface area contributed by atoms with E-state index in [0.717, 1.165) is 31.6 Å². The highest BCUT2D eigenvalue weighted by atomic mass is 19.4. The van der Waals surface area contributed by atoms with Crippen LogP contribution in [0.15, 0.2) is 42.7 Å². The van der Waals surface area contributed by atoms with Crippen LogP contribution in [0.3, 0.4) is 0 Å². The highest BCUT2D eigenvalue weighted by Gasteiger charge is 2.39. The largest absolute Gasteiger partial charge is 0.491 e. The van der Waals surface area contributed by atoms with Crippen molar-refractivity contribution >= 4 is 41.1 Å². The van der Waals surface area contributed by atoms with Crippen LogP contribution in [-0.2, 0) is 30.4 Å². The smallest absolute Gasteiger partial charge is 0.490 e. The van der Waals surface area contributed by atoms with E-state index in [2.05, 4.69) is 15.2 Å². The minimum absolute atomic E-state index is 0.0354. The van der Waals surface area contributed by atoms with E-state index < -0.39 is 36.0 Å². The number of ketones is 1. The first-order chi connectivity index (χ1) is 21.7. The number of aromatic nitrogens is 1. The molecule has 1 aromatic heterocycles. The van der Waals surface area contributed by atoms with E-state index in [0.29, 0.717) is 11.1 Å². The number of benzene rings is 1. The number of carbonyl (C=O) groups excluding carboxylic acids is 2. The van der Waals surface area contributed by atoms with Crippen LogP contribution in [0.2, 0.25) is 0 Å². The fourth-order valence-electron chi connectivity index (χ4n) is 3.69. The van der Waals surface area contributed by atoms with Crippen molar-refractivity contribution in [3.8, 4) is 5.75 Å². The molecule has 0 spiro atoms. The molecule has 258 valence electrons. The number of nitrogens with two attached hydrogens (primary N) is 1. The number of carbonyl (C=O) groups is 5. The Morgan fingerprint density at radius 3 is 1.89 bits per heavy atom. The van der Waals surface area contributed by atoms with Gasteiger partial charge in [0.15, 0.2) is 0 Å². The van der Waals surface area contributed by atoms with Gasteiger partial charge in [0, 0.05) is 54.6 Å². The number of carboxylic acids is 3. The molecule has 0 radical (unpaired) electrons. The number of aliphatic carboxylic acids is 3. The fraction of sp³-hybridized carbons (Fsp3) is 0.370. The molecule has 0 bridgehead atoms. The van der Waals surface area contributed by atoms with Gasteiger partial charge in [-0.05, 0) is 31.0 Å². The van der Waals surface area contributed by atoms with Gasteiger partial charge >= 0.3 is 30.3 Å². The van der Waals surface area contributed by atoms with Crippen LogP contribution < -0.4 is 20.7 Å². The maximum atomic E-state index is 12.5. The quantitative estimate of drug-likeness (QED) is 0.0697. The van der Waals surface area contributed by atoms with Crippen molar-refractivity contribution in [2.45, 2.75) is 31.6 Å². The number of nitrogens with one attached hydrogen (secondary N) is 2. The maximum Gasteiger partial charge on any atom is 0.490 e. The lowest BCUT2D eigenvalue weighted by Crippen LogP contribution is -2.41. The lowest BCUT2D eigenvalue weighted by molar-refractivity contribution is -0.193. The minimum atomic E-state index is -5.08. The molecule has 1 fully saturated rings. The summed E-state index contributed by atoms with van der Waals surface area (Å²) in [5.74, 6) is -8.04. The molecule has 47 heavy (non-hydrogen) atoms. The van der Waals surface area contributed by atoms with E-state index in [4.69, 9.17) is 40.8 Å². The molecule has 0 atom stereocenters. The van der Waals surface area contributed by atoms with Crippen LogP contribution in [0, 0.1) is 11.3 Å². The topological polar surface area (TPSA) is 233 Å². The first kappa shape index (κ1) is 39.6. The Morgan fingerprint density at radius 1 is 0.936 bits per heavy atom. The second kappa shape index (κ2) is 17.9. The number of rotatable bonds is 10. The molecule has 1 saturated heterocycles. The molecule has 0 unspecified atom stereocenters.